The van der Waals surface area contributed by atoms with Gasteiger partial charge in [0.05, 0.1) is 11.0 Å². The minimum atomic E-state index is -0.556. The van der Waals surface area contributed by atoms with E-state index in [0.29, 0.717) is 29.6 Å². The largest absolute Gasteiger partial charge is 0.481 e. The second kappa shape index (κ2) is 7.11. The number of fused-ring (bicyclic) bond motifs is 7. The molecule has 4 fully saturated rings. The van der Waals surface area contributed by atoms with Crippen molar-refractivity contribution in [3.05, 3.63) is 11.6 Å². The first-order chi connectivity index (χ1) is 15.2. The van der Waals surface area contributed by atoms with Crippen LogP contribution in [0.2, 0.25) is 0 Å². The lowest BCUT2D eigenvalue weighted by Gasteiger charge is -2.70. The van der Waals surface area contributed by atoms with Crippen molar-refractivity contribution >= 4 is 5.97 Å². The predicted molar refractivity (Wildman–Crippen MR) is 133 cm³/mol. The molecule has 0 aromatic heterocycles. The molecular formula is C30H48O3. The molecule has 0 aromatic rings. The van der Waals surface area contributed by atoms with Gasteiger partial charge in [0.15, 0.2) is 0 Å². The van der Waals surface area contributed by atoms with Crippen LogP contribution in [0.1, 0.15) is 106 Å². The lowest BCUT2D eigenvalue weighted by molar-refractivity contribution is -0.202. The highest BCUT2D eigenvalue weighted by molar-refractivity contribution is 5.76. The third-order valence-electron chi connectivity index (χ3n) is 13.5. The summed E-state index contributed by atoms with van der Waals surface area (Å²) in [6.45, 7) is 16.7. The maximum absolute atomic E-state index is 12.8. The zero-order valence-corrected chi connectivity index (χ0v) is 22.2. The van der Waals surface area contributed by atoms with Gasteiger partial charge in [0.25, 0.3) is 0 Å². The van der Waals surface area contributed by atoms with E-state index < -0.39 is 17.0 Å². The highest BCUT2D eigenvalue weighted by atomic mass is 16.4. The van der Waals surface area contributed by atoms with Crippen LogP contribution in [-0.4, -0.2) is 21.8 Å². The molecule has 0 aromatic carbocycles. The Balaban J connectivity index is 1.60. The Morgan fingerprint density at radius 2 is 1.64 bits per heavy atom. The van der Waals surface area contributed by atoms with E-state index in [2.05, 4.69) is 54.5 Å². The molecule has 5 rings (SSSR count). The molecule has 5 aliphatic carbocycles. The van der Waals surface area contributed by atoms with Gasteiger partial charge in [-0.15, -0.1) is 0 Å². The fraction of sp³-hybridized carbons (Fsp3) is 0.900. The number of carbonyl (C=O) groups is 1. The SMILES string of the molecule is C[C@H]1[C@H](C)CC[C@]2(C(=O)O)CC[C@]3(C)C(=CC[C@@H]4[C@@]5(C)CC[C@](C)(O)[C@@H](C)[C@@H]5CC[C@]43C)[C@H]12. The number of hydrogen-bond acceptors (Lipinski definition) is 2. The molecule has 4 saturated carbocycles. The summed E-state index contributed by atoms with van der Waals surface area (Å²) >= 11 is 0. The molecule has 0 heterocycles. The van der Waals surface area contributed by atoms with Crippen LogP contribution in [0.15, 0.2) is 11.6 Å². The maximum atomic E-state index is 12.8. The smallest absolute Gasteiger partial charge is 0.310 e. The zero-order chi connectivity index (χ0) is 24.2. The second-order valence-electron chi connectivity index (χ2n) is 14.3. The lowest BCUT2D eigenvalue weighted by Crippen LogP contribution is -2.65. The number of carboxylic acids is 1. The van der Waals surface area contributed by atoms with E-state index in [-0.39, 0.29) is 22.2 Å². The summed E-state index contributed by atoms with van der Waals surface area (Å²) in [7, 11) is 0. The topological polar surface area (TPSA) is 57.5 Å². The van der Waals surface area contributed by atoms with Crippen molar-refractivity contribution in [2.45, 2.75) is 112 Å². The van der Waals surface area contributed by atoms with E-state index in [1.54, 1.807) is 0 Å². The van der Waals surface area contributed by atoms with Gasteiger partial charge in [-0.05, 0) is 116 Å². The molecule has 0 bridgehead atoms. The van der Waals surface area contributed by atoms with Gasteiger partial charge >= 0.3 is 5.97 Å². The molecule has 2 N–H and O–H groups in total. The van der Waals surface area contributed by atoms with E-state index in [9.17, 15) is 15.0 Å². The van der Waals surface area contributed by atoms with Gasteiger partial charge in [0.2, 0.25) is 0 Å². The molecule has 0 spiro atoms. The molecule has 0 saturated heterocycles. The first kappa shape index (κ1) is 23.9. The van der Waals surface area contributed by atoms with Gasteiger partial charge in [-0.25, -0.2) is 0 Å². The van der Waals surface area contributed by atoms with Crippen molar-refractivity contribution in [3.8, 4) is 0 Å². The lowest BCUT2D eigenvalue weighted by atomic mass is 9.34. The van der Waals surface area contributed by atoms with E-state index in [0.717, 1.165) is 44.9 Å². The normalized spacial score (nSPS) is 58.2. The van der Waals surface area contributed by atoms with Crippen molar-refractivity contribution in [2.24, 2.45) is 57.2 Å². The minimum absolute atomic E-state index is 0.0854. The fourth-order valence-corrected chi connectivity index (χ4v) is 10.6. The van der Waals surface area contributed by atoms with E-state index >= 15 is 0 Å². The number of aliphatic hydroxyl groups is 1. The number of hydrogen-bond donors (Lipinski definition) is 2. The monoisotopic (exact) mass is 456 g/mol. The number of allylic oxidation sites excluding steroid dienone is 2. The molecule has 5 aliphatic rings. The van der Waals surface area contributed by atoms with Crippen LogP contribution in [0.3, 0.4) is 0 Å². The Morgan fingerprint density at radius 1 is 0.939 bits per heavy atom. The van der Waals surface area contributed by atoms with Gasteiger partial charge < -0.3 is 10.2 Å². The third-order valence-corrected chi connectivity index (χ3v) is 13.5. The summed E-state index contributed by atoms with van der Waals surface area (Å²) in [5.41, 5.74) is 0.966. The highest BCUT2D eigenvalue weighted by Crippen LogP contribution is 2.75. The summed E-state index contributed by atoms with van der Waals surface area (Å²) < 4.78 is 0. The Morgan fingerprint density at radius 3 is 2.30 bits per heavy atom. The summed E-state index contributed by atoms with van der Waals surface area (Å²) in [5, 5.41) is 21.6. The summed E-state index contributed by atoms with van der Waals surface area (Å²) in [6.07, 6.45) is 11.8. The molecule has 0 amide bonds. The van der Waals surface area contributed by atoms with Crippen LogP contribution in [0.5, 0.6) is 0 Å². The van der Waals surface area contributed by atoms with Crippen molar-refractivity contribution in [3.63, 3.8) is 0 Å². The van der Waals surface area contributed by atoms with Crippen molar-refractivity contribution in [1.29, 1.82) is 0 Å². The molecule has 3 heteroatoms. The molecule has 11 atom stereocenters. The molecule has 186 valence electrons. The summed E-state index contributed by atoms with van der Waals surface area (Å²) in [6, 6.07) is 0. The Kier molecular flexibility index (Phi) is 5.15. The average molecular weight is 457 g/mol. The second-order valence-corrected chi connectivity index (χ2v) is 14.3. The quantitative estimate of drug-likeness (QED) is 0.414. The third kappa shape index (κ3) is 2.81. The van der Waals surface area contributed by atoms with Gasteiger partial charge in [-0.1, -0.05) is 53.2 Å². The van der Waals surface area contributed by atoms with Crippen LogP contribution in [0, 0.1) is 57.2 Å². The molecular weight excluding hydrogens is 408 g/mol. The summed E-state index contributed by atoms with van der Waals surface area (Å²) in [4.78, 5) is 12.8. The maximum Gasteiger partial charge on any atom is 0.310 e. The van der Waals surface area contributed by atoms with E-state index in [1.165, 1.54) is 18.4 Å². The van der Waals surface area contributed by atoms with Crippen LogP contribution in [0.25, 0.3) is 0 Å². The van der Waals surface area contributed by atoms with Crippen LogP contribution >= 0.6 is 0 Å². The van der Waals surface area contributed by atoms with Gasteiger partial charge in [0.1, 0.15) is 0 Å². The van der Waals surface area contributed by atoms with E-state index in [1.807, 2.05) is 0 Å². The first-order valence-corrected chi connectivity index (χ1v) is 13.9. The molecule has 0 unspecified atom stereocenters. The first-order valence-electron chi connectivity index (χ1n) is 13.9. The average Bonchev–Trinajstić information content (AvgIpc) is 2.74. The standard InChI is InChI=1S/C30H48O3/c1-18-10-13-30(25(31)32)17-15-27(5)22(24(30)19(18)2)8-9-23-26(4)14-16-29(7,33)20(3)21(26)11-12-28(23,27)6/h8,18-21,23-24,33H,9-17H2,1-7H3,(H,31,32)/t18-,19+,20+,21+,23-,24+,26+,27-,28-,29+,30+/m1/s1. The van der Waals surface area contributed by atoms with Gasteiger partial charge in [-0.2, -0.15) is 0 Å². The number of aliphatic carboxylic acids is 1. The minimum Gasteiger partial charge on any atom is -0.481 e. The van der Waals surface area contributed by atoms with Gasteiger partial charge in [0, 0.05) is 0 Å². The molecule has 33 heavy (non-hydrogen) atoms. The fourth-order valence-electron chi connectivity index (χ4n) is 10.6. The molecule has 0 aliphatic heterocycles. The van der Waals surface area contributed by atoms with Crippen LogP contribution < -0.4 is 0 Å². The van der Waals surface area contributed by atoms with Crippen molar-refractivity contribution in [2.75, 3.05) is 0 Å². The molecule has 3 nitrogen and oxygen atoms in total. The molecule has 0 radical (unpaired) electrons. The zero-order valence-electron chi connectivity index (χ0n) is 22.2. The van der Waals surface area contributed by atoms with Crippen LogP contribution in [0.4, 0.5) is 0 Å². The Bertz CT molecular complexity index is 874. The van der Waals surface area contributed by atoms with Crippen molar-refractivity contribution < 1.29 is 15.0 Å². The summed E-state index contributed by atoms with van der Waals surface area (Å²) in [5.74, 6) is 2.19. The Hall–Kier alpha value is -0.830. The van der Waals surface area contributed by atoms with E-state index in [4.69, 9.17) is 0 Å². The Labute approximate surface area is 201 Å². The van der Waals surface area contributed by atoms with Gasteiger partial charge in [-0.3, -0.25) is 4.79 Å². The number of carboxylic acid groups (broad SMARTS) is 1. The predicted octanol–water partition coefficient (Wildman–Crippen LogP) is 7.09. The van der Waals surface area contributed by atoms with Crippen LogP contribution in [-0.2, 0) is 4.79 Å². The number of rotatable bonds is 1. The highest BCUT2D eigenvalue weighted by Gasteiger charge is 2.69. The van der Waals surface area contributed by atoms with Crippen molar-refractivity contribution in [1.82, 2.24) is 0 Å².